The Morgan fingerprint density at radius 2 is 2.00 bits per heavy atom. The van der Waals surface area contributed by atoms with Gasteiger partial charge in [0.05, 0.1) is 17.9 Å². The van der Waals surface area contributed by atoms with Gasteiger partial charge in [0.15, 0.2) is 0 Å². The smallest absolute Gasteiger partial charge is 0.138 e. The molecule has 2 aromatic heterocycles. The lowest BCUT2D eigenvalue weighted by Gasteiger charge is -2.24. The molecule has 0 aliphatic carbocycles. The maximum Gasteiger partial charge on any atom is 0.138 e. The van der Waals surface area contributed by atoms with Crippen LogP contribution in [0, 0.1) is 0 Å². The van der Waals surface area contributed by atoms with Crippen molar-refractivity contribution in [2.24, 2.45) is 0 Å². The third-order valence-electron chi connectivity index (χ3n) is 4.80. The maximum absolute atomic E-state index is 4.21. The van der Waals surface area contributed by atoms with Gasteiger partial charge in [-0.2, -0.15) is 5.10 Å². The second-order valence-electron chi connectivity index (χ2n) is 6.68. The number of likely N-dealkylation sites (tertiary alicyclic amines) is 1. The quantitative estimate of drug-likeness (QED) is 0.687. The minimum atomic E-state index is 0.326. The van der Waals surface area contributed by atoms with Crippen molar-refractivity contribution in [1.29, 1.82) is 0 Å². The first kappa shape index (κ1) is 15.9. The van der Waals surface area contributed by atoms with Crippen molar-refractivity contribution in [2.75, 3.05) is 27.2 Å². The molecule has 8 nitrogen and oxygen atoms in total. The van der Waals surface area contributed by atoms with E-state index in [0.717, 1.165) is 25.3 Å². The molecule has 1 aliphatic rings. The highest BCUT2D eigenvalue weighted by molar-refractivity contribution is 5.33. The van der Waals surface area contributed by atoms with Gasteiger partial charge in [0.1, 0.15) is 12.7 Å². The average molecular weight is 338 g/mol. The predicted molar refractivity (Wildman–Crippen MR) is 93.2 cm³/mol. The van der Waals surface area contributed by atoms with Gasteiger partial charge in [-0.3, -0.25) is 4.90 Å². The maximum atomic E-state index is 4.21. The molecule has 1 aliphatic heterocycles. The first-order chi connectivity index (χ1) is 12.2. The molecule has 0 bridgehead atoms. The first-order valence-electron chi connectivity index (χ1n) is 8.39. The van der Waals surface area contributed by atoms with Crippen LogP contribution >= 0.6 is 0 Å². The van der Waals surface area contributed by atoms with Crippen molar-refractivity contribution in [3.8, 4) is 5.69 Å². The molecule has 0 radical (unpaired) electrons. The molecular formula is C17H22N8. The summed E-state index contributed by atoms with van der Waals surface area (Å²) in [5.41, 5.74) is 2.31. The molecule has 2 atom stereocenters. The minimum absolute atomic E-state index is 0.326. The highest BCUT2D eigenvalue weighted by Crippen LogP contribution is 2.26. The minimum Gasteiger partial charge on any atom is -0.303 e. The van der Waals surface area contributed by atoms with Crippen LogP contribution in [0.1, 0.15) is 11.6 Å². The topological polar surface area (TPSA) is 67.9 Å². The van der Waals surface area contributed by atoms with E-state index in [1.807, 2.05) is 10.9 Å². The number of hydrogen-bond donors (Lipinski definition) is 0. The molecule has 0 unspecified atom stereocenters. The number of rotatable bonds is 5. The Kier molecular flexibility index (Phi) is 4.29. The average Bonchev–Trinajstić information content (AvgIpc) is 3.36. The molecule has 3 heterocycles. The van der Waals surface area contributed by atoms with Gasteiger partial charge in [0, 0.05) is 31.9 Å². The van der Waals surface area contributed by atoms with E-state index in [-0.39, 0.29) is 0 Å². The van der Waals surface area contributed by atoms with Gasteiger partial charge < -0.3 is 4.90 Å². The van der Waals surface area contributed by atoms with E-state index < -0.39 is 0 Å². The van der Waals surface area contributed by atoms with E-state index in [4.69, 9.17) is 0 Å². The van der Waals surface area contributed by atoms with Crippen LogP contribution < -0.4 is 0 Å². The summed E-state index contributed by atoms with van der Waals surface area (Å²) in [5.74, 6) is 0. The second-order valence-corrected chi connectivity index (χ2v) is 6.68. The highest BCUT2D eigenvalue weighted by atomic mass is 15.5. The Bertz CT molecular complexity index is 779. The lowest BCUT2D eigenvalue weighted by atomic mass is 10.1. The zero-order valence-electron chi connectivity index (χ0n) is 14.5. The van der Waals surface area contributed by atoms with Crippen LogP contribution in [-0.4, -0.2) is 72.8 Å². The highest BCUT2D eigenvalue weighted by Gasteiger charge is 2.35. The lowest BCUT2D eigenvalue weighted by Crippen LogP contribution is -2.36. The third kappa shape index (κ3) is 3.31. The number of nitrogens with zero attached hydrogens (tertiary/aromatic N) is 8. The third-order valence-corrected chi connectivity index (χ3v) is 4.80. The summed E-state index contributed by atoms with van der Waals surface area (Å²) in [7, 11) is 4.26. The van der Waals surface area contributed by atoms with E-state index in [0.29, 0.717) is 12.1 Å². The number of aromatic nitrogens is 6. The lowest BCUT2D eigenvalue weighted by molar-refractivity contribution is 0.237. The van der Waals surface area contributed by atoms with Gasteiger partial charge >= 0.3 is 0 Å². The zero-order valence-corrected chi connectivity index (χ0v) is 14.5. The van der Waals surface area contributed by atoms with Crippen molar-refractivity contribution >= 4 is 0 Å². The van der Waals surface area contributed by atoms with E-state index in [2.05, 4.69) is 68.6 Å². The second kappa shape index (κ2) is 6.73. The molecule has 130 valence electrons. The summed E-state index contributed by atoms with van der Waals surface area (Å²) in [6.07, 6.45) is 6.96. The first-order valence-corrected chi connectivity index (χ1v) is 8.39. The summed E-state index contributed by atoms with van der Waals surface area (Å²) < 4.78 is 3.75. The van der Waals surface area contributed by atoms with Gasteiger partial charge in [-0.05, 0) is 31.8 Å². The molecule has 0 spiro atoms. The van der Waals surface area contributed by atoms with Crippen molar-refractivity contribution in [3.63, 3.8) is 0 Å². The molecule has 1 saturated heterocycles. The molecular weight excluding hydrogens is 316 g/mol. The summed E-state index contributed by atoms with van der Waals surface area (Å²) in [6.45, 7) is 2.91. The van der Waals surface area contributed by atoms with Gasteiger partial charge in [0.2, 0.25) is 0 Å². The summed E-state index contributed by atoms with van der Waals surface area (Å²) in [4.78, 5) is 8.74. The van der Waals surface area contributed by atoms with Crippen LogP contribution in [0.15, 0.2) is 49.3 Å². The van der Waals surface area contributed by atoms with E-state index >= 15 is 0 Å². The van der Waals surface area contributed by atoms with Crippen molar-refractivity contribution in [2.45, 2.75) is 18.6 Å². The number of hydrogen-bond acceptors (Lipinski definition) is 6. The van der Waals surface area contributed by atoms with Crippen LogP contribution in [0.2, 0.25) is 0 Å². The van der Waals surface area contributed by atoms with E-state index in [1.54, 1.807) is 23.5 Å². The Morgan fingerprint density at radius 1 is 1.16 bits per heavy atom. The number of likely N-dealkylation sites (N-methyl/N-ethyl adjacent to an activating group) is 1. The van der Waals surface area contributed by atoms with Crippen molar-refractivity contribution < 1.29 is 0 Å². The Morgan fingerprint density at radius 3 is 2.64 bits per heavy atom. The Hall–Kier alpha value is -2.58. The van der Waals surface area contributed by atoms with Crippen LogP contribution in [-0.2, 0) is 6.54 Å². The number of benzene rings is 1. The summed E-state index contributed by atoms with van der Waals surface area (Å²) >= 11 is 0. The van der Waals surface area contributed by atoms with Crippen LogP contribution in [0.5, 0.6) is 0 Å². The Labute approximate surface area is 146 Å². The van der Waals surface area contributed by atoms with Gasteiger partial charge in [-0.15, -0.1) is 5.10 Å². The molecule has 3 aromatic rings. The molecule has 25 heavy (non-hydrogen) atoms. The van der Waals surface area contributed by atoms with Crippen LogP contribution in [0.25, 0.3) is 5.69 Å². The molecule has 8 heteroatoms. The van der Waals surface area contributed by atoms with Crippen molar-refractivity contribution in [3.05, 3.63) is 54.9 Å². The summed E-state index contributed by atoms with van der Waals surface area (Å²) in [5, 5.41) is 12.3. The molecule has 0 N–H and O–H groups in total. The molecule has 1 fully saturated rings. The van der Waals surface area contributed by atoms with Gasteiger partial charge in [-0.25, -0.2) is 14.3 Å². The molecule has 4 rings (SSSR count). The van der Waals surface area contributed by atoms with E-state index in [9.17, 15) is 0 Å². The van der Waals surface area contributed by atoms with E-state index in [1.165, 1.54) is 5.56 Å². The molecule has 0 saturated carbocycles. The normalized spacial score (nSPS) is 21.2. The van der Waals surface area contributed by atoms with Crippen LogP contribution in [0.4, 0.5) is 0 Å². The van der Waals surface area contributed by atoms with Gasteiger partial charge in [0.25, 0.3) is 0 Å². The fourth-order valence-corrected chi connectivity index (χ4v) is 3.49. The largest absolute Gasteiger partial charge is 0.303 e. The predicted octanol–water partition coefficient (Wildman–Crippen LogP) is 0.846. The van der Waals surface area contributed by atoms with Crippen molar-refractivity contribution in [1.82, 2.24) is 39.6 Å². The van der Waals surface area contributed by atoms with Crippen LogP contribution in [0.3, 0.4) is 0 Å². The zero-order chi connectivity index (χ0) is 17.2. The monoisotopic (exact) mass is 338 g/mol. The molecule has 0 amide bonds. The standard InChI is InChI=1S/C17H22N8/c1-22(2)16-10-23(11-17(16)24-8-7-19-21-24)9-14-3-5-15(6-4-14)25-13-18-12-20-25/h3-8,12-13,16-17H,9-11H2,1-2H3/t16-,17+/m1/s1. The van der Waals surface area contributed by atoms with Gasteiger partial charge in [-0.1, -0.05) is 17.3 Å². The molecule has 1 aromatic carbocycles. The fraction of sp³-hybridized carbons (Fsp3) is 0.412. The SMILES string of the molecule is CN(C)[C@@H]1CN(Cc2ccc(-n3cncn3)cc2)C[C@@H]1n1ccnn1. The fourth-order valence-electron chi connectivity index (χ4n) is 3.49. The summed E-state index contributed by atoms with van der Waals surface area (Å²) in [6, 6.07) is 9.23. The Balaban J connectivity index is 1.46.